The van der Waals surface area contributed by atoms with E-state index in [2.05, 4.69) is 4.74 Å². The predicted octanol–water partition coefficient (Wildman–Crippen LogP) is 1.22. The summed E-state index contributed by atoms with van der Waals surface area (Å²) in [5.74, 6) is -6.53. The molecule has 0 heterocycles. The lowest BCUT2D eigenvalue weighted by molar-refractivity contribution is 0.0596. The molecule has 0 aromatic heterocycles. The predicted molar refractivity (Wildman–Crippen MR) is 77.5 cm³/mol. The maximum Gasteiger partial charge on any atom is 0.343 e. The fourth-order valence-electron chi connectivity index (χ4n) is 1.80. The minimum Gasteiger partial charge on any atom is -0.504 e. The van der Waals surface area contributed by atoms with Crippen molar-refractivity contribution in [2.24, 2.45) is 0 Å². The highest BCUT2D eigenvalue weighted by Gasteiger charge is 2.22. The van der Waals surface area contributed by atoms with Crippen LogP contribution in [0.15, 0.2) is 24.3 Å². The second kappa shape index (κ2) is 6.24. The molecule has 9 nitrogen and oxygen atoms in total. The third kappa shape index (κ3) is 2.95. The molecule has 0 aliphatic heterocycles. The molecule has 2 rings (SSSR count). The monoisotopic (exact) mass is 336 g/mol. The molecule has 0 unspecified atom stereocenters. The van der Waals surface area contributed by atoms with Gasteiger partial charge in [-0.25, -0.2) is 9.59 Å². The molecular formula is C15H12O9. The summed E-state index contributed by atoms with van der Waals surface area (Å²) in [7, 11) is 1.08. The standard InChI is InChI=1S/C15H12O9/c1-23-15(22)7-2-3-10(13(20)11(7)18)24-14(21)6-4-8(16)12(19)9(17)5-6/h2-5,16-20H,1H3. The summed E-state index contributed by atoms with van der Waals surface area (Å²) in [6.07, 6.45) is 0. The van der Waals surface area contributed by atoms with Crippen LogP contribution >= 0.6 is 0 Å². The van der Waals surface area contributed by atoms with Crippen molar-refractivity contribution in [1.82, 2.24) is 0 Å². The number of esters is 2. The summed E-state index contributed by atoms with van der Waals surface area (Å²) in [4.78, 5) is 23.3. The number of hydrogen-bond donors (Lipinski definition) is 5. The lowest BCUT2D eigenvalue weighted by Crippen LogP contribution is -2.09. The number of ether oxygens (including phenoxy) is 2. The van der Waals surface area contributed by atoms with Gasteiger partial charge in [0.15, 0.2) is 28.7 Å². The fraction of sp³-hybridized carbons (Fsp3) is 0.0667. The van der Waals surface area contributed by atoms with Crippen molar-refractivity contribution in [2.45, 2.75) is 0 Å². The van der Waals surface area contributed by atoms with Gasteiger partial charge in [0.25, 0.3) is 0 Å². The molecule has 2 aromatic carbocycles. The third-order valence-corrected chi connectivity index (χ3v) is 3.03. The Bertz CT molecular complexity index is 803. The molecule has 0 spiro atoms. The molecule has 0 saturated heterocycles. The van der Waals surface area contributed by atoms with E-state index >= 15 is 0 Å². The number of methoxy groups -OCH3 is 1. The third-order valence-electron chi connectivity index (χ3n) is 3.03. The Morgan fingerprint density at radius 2 is 1.42 bits per heavy atom. The Balaban J connectivity index is 2.33. The van der Waals surface area contributed by atoms with Gasteiger partial charge in [-0.3, -0.25) is 0 Å². The zero-order valence-electron chi connectivity index (χ0n) is 12.2. The fourth-order valence-corrected chi connectivity index (χ4v) is 1.80. The van der Waals surface area contributed by atoms with E-state index in [1.165, 1.54) is 0 Å². The maximum absolute atomic E-state index is 12.0. The molecule has 0 aliphatic rings. The Labute approximate surface area is 134 Å². The minimum absolute atomic E-state index is 0.335. The molecule has 2 aromatic rings. The topological polar surface area (TPSA) is 154 Å². The zero-order valence-corrected chi connectivity index (χ0v) is 12.2. The van der Waals surface area contributed by atoms with E-state index in [-0.39, 0.29) is 11.1 Å². The largest absolute Gasteiger partial charge is 0.504 e. The summed E-state index contributed by atoms with van der Waals surface area (Å²) in [5.41, 5.74) is -0.673. The SMILES string of the molecule is COC(=O)c1ccc(OC(=O)c2cc(O)c(O)c(O)c2)c(O)c1O. The molecule has 0 radical (unpaired) electrons. The van der Waals surface area contributed by atoms with Gasteiger partial charge in [0.2, 0.25) is 5.75 Å². The summed E-state index contributed by atoms with van der Waals surface area (Å²) in [5, 5.41) is 47.5. The van der Waals surface area contributed by atoms with Gasteiger partial charge in [-0.2, -0.15) is 0 Å². The molecular weight excluding hydrogens is 324 g/mol. The van der Waals surface area contributed by atoms with Crippen LogP contribution in [0, 0.1) is 0 Å². The van der Waals surface area contributed by atoms with Crippen molar-refractivity contribution in [3.8, 4) is 34.5 Å². The lowest BCUT2D eigenvalue weighted by Gasteiger charge is -2.10. The van der Waals surface area contributed by atoms with E-state index in [1.54, 1.807) is 0 Å². The van der Waals surface area contributed by atoms with Gasteiger partial charge >= 0.3 is 11.9 Å². The van der Waals surface area contributed by atoms with Crippen molar-refractivity contribution >= 4 is 11.9 Å². The average Bonchev–Trinajstić information content (AvgIpc) is 2.55. The average molecular weight is 336 g/mol. The van der Waals surface area contributed by atoms with Crippen LogP contribution in [0.4, 0.5) is 0 Å². The van der Waals surface area contributed by atoms with Crippen LogP contribution in [0.25, 0.3) is 0 Å². The number of phenolic OH excluding ortho intramolecular Hbond substituents is 5. The smallest absolute Gasteiger partial charge is 0.343 e. The summed E-state index contributed by atoms with van der Waals surface area (Å²) >= 11 is 0. The molecule has 5 N–H and O–H groups in total. The Kier molecular flexibility index (Phi) is 4.36. The molecule has 0 aliphatic carbocycles. The summed E-state index contributed by atoms with van der Waals surface area (Å²) < 4.78 is 9.23. The van der Waals surface area contributed by atoms with Crippen molar-refractivity contribution in [3.63, 3.8) is 0 Å². The number of carbonyl (C=O) groups is 2. The van der Waals surface area contributed by atoms with E-state index in [0.29, 0.717) is 0 Å². The molecule has 126 valence electrons. The van der Waals surface area contributed by atoms with Gasteiger partial charge in [-0.1, -0.05) is 0 Å². The van der Waals surface area contributed by atoms with E-state index in [9.17, 15) is 35.1 Å². The van der Waals surface area contributed by atoms with Crippen LogP contribution in [0.1, 0.15) is 20.7 Å². The van der Waals surface area contributed by atoms with Crippen LogP contribution in [0.3, 0.4) is 0 Å². The molecule has 24 heavy (non-hydrogen) atoms. The highest BCUT2D eigenvalue weighted by Crippen LogP contribution is 2.39. The van der Waals surface area contributed by atoms with Crippen LogP contribution in [-0.2, 0) is 4.74 Å². The first-order valence-corrected chi connectivity index (χ1v) is 6.36. The summed E-state index contributed by atoms with van der Waals surface area (Å²) in [6, 6.07) is 3.77. The number of aromatic hydroxyl groups is 5. The quantitative estimate of drug-likeness (QED) is 0.316. The highest BCUT2D eigenvalue weighted by atomic mass is 16.5. The number of carbonyl (C=O) groups excluding carboxylic acids is 2. The van der Waals surface area contributed by atoms with E-state index < -0.39 is 46.4 Å². The first-order valence-electron chi connectivity index (χ1n) is 6.36. The van der Waals surface area contributed by atoms with Gasteiger partial charge in [-0.15, -0.1) is 0 Å². The number of benzene rings is 2. The molecule has 0 amide bonds. The first kappa shape index (κ1) is 16.7. The van der Waals surface area contributed by atoms with E-state index in [1.807, 2.05) is 0 Å². The molecule has 0 bridgehead atoms. The second-order valence-corrected chi connectivity index (χ2v) is 4.55. The van der Waals surface area contributed by atoms with Gasteiger partial charge in [0.05, 0.1) is 12.7 Å². The molecule has 0 saturated carbocycles. The van der Waals surface area contributed by atoms with Crippen LogP contribution in [0.5, 0.6) is 34.5 Å². The second-order valence-electron chi connectivity index (χ2n) is 4.55. The normalized spacial score (nSPS) is 10.2. The van der Waals surface area contributed by atoms with E-state index in [0.717, 1.165) is 31.4 Å². The van der Waals surface area contributed by atoms with Crippen LogP contribution in [-0.4, -0.2) is 44.6 Å². The lowest BCUT2D eigenvalue weighted by atomic mass is 10.1. The van der Waals surface area contributed by atoms with Crippen molar-refractivity contribution < 1.29 is 44.6 Å². The first-order chi connectivity index (χ1) is 11.3. The Hall–Kier alpha value is -3.62. The van der Waals surface area contributed by atoms with Crippen molar-refractivity contribution in [2.75, 3.05) is 7.11 Å². The van der Waals surface area contributed by atoms with Crippen molar-refractivity contribution in [3.05, 3.63) is 35.4 Å². The number of rotatable bonds is 3. The summed E-state index contributed by atoms with van der Waals surface area (Å²) in [6.45, 7) is 0. The minimum atomic E-state index is -1.11. The van der Waals surface area contributed by atoms with Gasteiger partial charge in [0.1, 0.15) is 5.56 Å². The molecule has 9 heteroatoms. The van der Waals surface area contributed by atoms with Gasteiger partial charge < -0.3 is 35.0 Å². The number of hydrogen-bond acceptors (Lipinski definition) is 9. The zero-order chi connectivity index (χ0) is 18.0. The maximum atomic E-state index is 12.0. The van der Waals surface area contributed by atoms with Gasteiger partial charge in [-0.05, 0) is 24.3 Å². The van der Waals surface area contributed by atoms with E-state index in [4.69, 9.17) is 4.74 Å². The molecule has 0 fully saturated rings. The van der Waals surface area contributed by atoms with Crippen LogP contribution in [0.2, 0.25) is 0 Å². The number of phenols is 5. The van der Waals surface area contributed by atoms with Crippen LogP contribution < -0.4 is 4.74 Å². The van der Waals surface area contributed by atoms with Gasteiger partial charge in [0, 0.05) is 0 Å². The van der Waals surface area contributed by atoms with Crippen molar-refractivity contribution in [1.29, 1.82) is 0 Å². The molecule has 0 atom stereocenters. The highest BCUT2D eigenvalue weighted by molar-refractivity contribution is 5.95. The Morgan fingerprint density at radius 3 is 1.96 bits per heavy atom. The Morgan fingerprint density at radius 1 is 0.833 bits per heavy atom.